The lowest BCUT2D eigenvalue weighted by atomic mass is 9.67. The van der Waals surface area contributed by atoms with Gasteiger partial charge in [-0.15, -0.1) is 35.3 Å². The molecule has 0 aliphatic heterocycles. The van der Waals surface area contributed by atoms with Gasteiger partial charge in [0.25, 0.3) is 0 Å². The first-order valence-electron chi connectivity index (χ1n) is 8.78. The molecular formula is C18H31IN4O2S. The number of guanidine groups is 1. The summed E-state index contributed by atoms with van der Waals surface area (Å²) in [6.45, 7) is 2.52. The Hall–Kier alpha value is -0.870. The molecule has 0 saturated heterocycles. The zero-order chi connectivity index (χ0) is 18.1. The van der Waals surface area contributed by atoms with E-state index in [1.165, 1.54) is 24.1 Å². The second-order valence-electron chi connectivity index (χ2n) is 6.84. The van der Waals surface area contributed by atoms with Gasteiger partial charge in [0.05, 0.1) is 6.54 Å². The summed E-state index contributed by atoms with van der Waals surface area (Å²) in [6.07, 6.45) is 4.78. The molecule has 0 unspecified atom stereocenters. The van der Waals surface area contributed by atoms with Crippen LogP contribution in [0, 0.1) is 5.41 Å². The standard InChI is InChI=1S/C18H30N4O2S.HI/c1-22(2)16(23)13-20-17(19-12-15-6-4-11-25-15)21-14-18(7-5-8-18)9-10-24-3;/h4,6,11H,5,7-10,12-14H2,1-3H3,(H2,19,20,21);1H. The zero-order valence-electron chi connectivity index (χ0n) is 15.9. The van der Waals surface area contributed by atoms with Crippen molar-refractivity contribution in [3.8, 4) is 0 Å². The first kappa shape index (κ1) is 23.2. The van der Waals surface area contributed by atoms with E-state index in [1.54, 1.807) is 37.4 Å². The molecule has 2 N–H and O–H groups in total. The topological polar surface area (TPSA) is 66.0 Å². The fourth-order valence-corrected chi connectivity index (χ4v) is 3.47. The van der Waals surface area contributed by atoms with Gasteiger partial charge in [-0.2, -0.15) is 0 Å². The molecule has 148 valence electrons. The molecule has 1 amide bonds. The number of hydrogen-bond acceptors (Lipinski definition) is 4. The molecule has 0 atom stereocenters. The van der Waals surface area contributed by atoms with Crippen LogP contribution in [-0.2, 0) is 16.1 Å². The van der Waals surface area contributed by atoms with E-state index in [-0.39, 0.29) is 36.4 Å². The Labute approximate surface area is 177 Å². The monoisotopic (exact) mass is 494 g/mol. The summed E-state index contributed by atoms with van der Waals surface area (Å²) in [5.74, 6) is 0.697. The van der Waals surface area contributed by atoms with Gasteiger partial charge in [-0.3, -0.25) is 4.79 Å². The van der Waals surface area contributed by atoms with E-state index in [0.717, 1.165) is 19.6 Å². The van der Waals surface area contributed by atoms with E-state index in [4.69, 9.17) is 4.74 Å². The highest BCUT2D eigenvalue weighted by atomic mass is 127. The quantitative estimate of drug-likeness (QED) is 0.315. The minimum Gasteiger partial charge on any atom is -0.385 e. The SMILES string of the molecule is COCCC1(CNC(=NCC(=O)N(C)C)NCc2cccs2)CCC1.I. The third kappa shape index (κ3) is 7.40. The summed E-state index contributed by atoms with van der Waals surface area (Å²) in [6, 6.07) is 4.13. The molecule has 1 fully saturated rings. The van der Waals surface area contributed by atoms with Crippen LogP contribution < -0.4 is 10.6 Å². The number of halogens is 1. The van der Waals surface area contributed by atoms with Crippen molar-refractivity contribution in [1.82, 2.24) is 15.5 Å². The molecule has 1 saturated carbocycles. The summed E-state index contributed by atoms with van der Waals surface area (Å²) in [4.78, 5) is 19.1. The number of aliphatic imine (C=N–C) groups is 1. The molecule has 1 aromatic rings. The number of amides is 1. The van der Waals surface area contributed by atoms with Crippen molar-refractivity contribution in [2.24, 2.45) is 10.4 Å². The van der Waals surface area contributed by atoms with Crippen LogP contribution in [0.15, 0.2) is 22.5 Å². The van der Waals surface area contributed by atoms with Gasteiger partial charge in [-0.25, -0.2) is 4.99 Å². The summed E-state index contributed by atoms with van der Waals surface area (Å²) in [7, 11) is 5.25. The van der Waals surface area contributed by atoms with Gasteiger partial charge in [0.1, 0.15) is 6.54 Å². The largest absolute Gasteiger partial charge is 0.385 e. The van der Waals surface area contributed by atoms with E-state index < -0.39 is 0 Å². The van der Waals surface area contributed by atoms with Crippen molar-refractivity contribution in [1.29, 1.82) is 0 Å². The van der Waals surface area contributed by atoms with Gasteiger partial charge in [-0.1, -0.05) is 12.5 Å². The molecule has 0 radical (unpaired) electrons. The van der Waals surface area contributed by atoms with Gasteiger partial charge in [0.2, 0.25) is 5.91 Å². The molecule has 2 rings (SSSR count). The first-order chi connectivity index (χ1) is 12.0. The van der Waals surface area contributed by atoms with Crippen LogP contribution in [0.4, 0.5) is 0 Å². The molecule has 1 aliphatic rings. The summed E-state index contributed by atoms with van der Waals surface area (Å²) >= 11 is 1.71. The number of carbonyl (C=O) groups is 1. The Bertz CT molecular complexity index is 560. The minimum atomic E-state index is -0.00466. The van der Waals surface area contributed by atoms with Crippen LogP contribution in [0.3, 0.4) is 0 Å². The smallest absolute Gasteiger partial charge is 0.243 e. The van der Waals surface area contributed by atoms with E-state index in [0.29, 0.717) is 17.9 Å². The fourth-order valence-electron chi connectivity index (χ4n) is 2.83. The molecule has 0 aromatic carbocycles. The first-order valence-corrected chi connectivity index (χ1v) is 9.66. The fraction of sp³-hybridized carbons (Fsp3) is 0.667. The van der Waals surface area contributed by atoms with E-state index >= 15 is 0 Å². The number of likely N-dealkylation sites (N-methyl/N-ethyl adjacent to an activating group) is 1. The highest BCUT2D eigenvalue weighted by Crippen LogP contribution is 2.43. The molecule has 26 heavy (non-hydrogen) atoms. The van der Waals surface area contributed by atoms with Crippen LogP contribution in [0.1, 0.15) is 30.6 Å². The predicted octanol–water partition coefficient (Wildman–Crippen LogP) is 2.70. The normalized spacial score (nSPS) is 15.6. The average molecular weight is 494 g/mol. The van der Waals surface area contributed by atoms with E-state index in [2.05, 4.69) is 27.1 Å². The van der Waals surface area contributed by atoms with Crippen molar-refractivity contribution in [2.45, 2.75) is 32.2 Å². The van der Waals surface area contributed by atoms with Crippen LogP contribution >= 0.6 is 35.3 Å². The Morgan fingerprint density at radius 2 is 2.15 bits per heavy atom. The van der Waals surface area contributed by atoms with Crippen LogP contribution in [-0.4, -0.2) is 57.7 Å². The Balaban J connectivity index is 0.00000338. The average Bonchev–Trinajstić information content (AvgIpc) is 3.08. The van der Waals surface area contributed by atoms with Gasteiger partial charge in [0, 0.05) is 39.2 Å². The van der Waals surface area contributed by atoms with Gasteiger partial charge >= 0.3 is 0 Å². The number of thiophene rings is 1. The lowest BCUT2D eigenvalue weighted by molar-refractivity contribution is -0.127. The molecule has 6 nitrogen and oxygen atoms in total. The molecule has 1 aliphatic carbocycles. The second-order valence-corrected chi connectivity index (χ2v) is 7.87. The third-order valence-electron chi connectivity index (χ3n) is 4.76. The number of carbonyl (C=O) groups excluding carboxylic acids is 1. The molecular weight excluding hydrogens is 463 g/mol. The number of rotatable bonds is 9. The van der Waals surface area contributed by atoms with E-state index in [1.807, 2.05) is 6.07 Å². The molecule has 1 heterocycles. The second kappa shape index (κ2) is 11.8. The molecule has 0 bridgehead atoms. The van der Waals surface area contributed by atoms with Gasteiger partial charge in [0.15, 0.2) is 5.96 Å². The summed E-state index contributed by atoms with van der Waals surface area (Å²) in [5, 5.41) is 8.85. The maximum Gasteiger partial charge on any atom is 0.243 e. The molecule has 0 spiro atoms. The van der Waals surface area contributed by atoms with Crippen molar-refractivity contribution in [2.75, 3.05) is 40.9 Å². The van der Waals surface area contributed by atoms with Crippen LogP contribution in [0.25, 0.3) is 0 Å². The Morgan fingerprint density at radius 1 is 1.38 bits per heavy atom. The minimum absolute atomic E-state index is 0. The number of hydrogen-bond donors (Lipinski definition) is 2. The third-order valence-corrected chi connectivity index (χ3v) is 5.64. The highest BCUT2D eigenvalue weighted by Gasteiger charge is 2.36. The van der Waals surface area contributed by atoms with Crippen LogP contribution in [0.2, 0.25) is 0 Å². The number of ether oxygens (including phenoxy) is 1. The summed E-state index contributed by atoms with van der Waals surface area (Å²) in [5.41, 5.74) is 0.299. The van der Waals surface area contributed by atoms with Crippen molar-refractivity contribution in [3.63, 3.8) is 0 Å². The maximum atomic E-state index is 11.8. The lowest BCUT2D eigenvalue weighted by Crippen LogP contribution is -2.47. The lowest BCUT2D eigenvalue weighted by Gasteiger charge is -2.42. The Morgan fingerprint density at radius 3 is 2.69 bits per heavy atom. The number of nitrogens with zero attached hydrogens (tertiary/aromatic N) is 2. The zero-order valence-corrected chi connectivity index (χ0v) is 19.1. The van der Waals surface area contributed by atoms with Crippen molar-refractivity contribution >= 4 is 47.2 Å². The van der Waals surface area contributed by atoms with Crippen molar-refractivity contribution < 1.29 is 9.53 Å². The van der Waals surface area contributed by atoms with Gasteiger partial charge in [-0.05, 0) is 36.1 Å². The summed E-state index contributed by atoms with van der Waals surface area (Å²) < 4.78 is 5.26. The number of nitrogens with one attached hydrogen (secondary N) is 2. The predicted molar refractivity (Wildman–Crippen MR) is 118 cm³/mol. The van der Waals surface area contributed by atoms with Crippen molar-refractivity contribution in [3.05, 3.63) is 22.4 Å². The molecule has 1 aromatic heterocycles. The van der Waals surface area contributed by atoms with Crippen LogP contribution in [0.5, 0.6) is 0 Å². The van der Waals surface area contributed by atoms with E-state index in [9.17, 15) is 4.79 Å². The maximum absolute atomic E-state index is 11.8. The Kier molecular flexibility index (Phi) is 10.5. The van der Waals surface area contributed by atoms with Gasteiger partial charge < -0.3 is 20.3 Å². The number of methoxy groups -OCH3 is 1. The molecule has 8 heteroatoms. The highest BCUT2D eigenvalue weighted by molar-refractivity contribution is 14.0.